The first kappa shape index (κ1) is 9.95. The molecule has 6 heteroatoms. The fourth-order valence-corrected chi connectivity index (χ4v) is 2.39. The maximum absolute atomic E-state index is 11.4. The first-order valence-corrected chi connectivity index (χ1v) is 5.88. The molecule has 1 saturated heterocycles. The average Bonchev–Trinajstić information content (AvgIpc) is 2.44. The third-order valence-corrected chi connectivity index (χ3v) is 3.47. The highest BCUT2D eigenvalue weighted by atomic mass is 79.9. The van der Waals surface area contributed by atoms with Crippen molar-refractivity contribution in [3.8, 4) is 0 Å². The molecule has 2 rings (SSSR count). The first-order valence-electron chi connectivity index (χ1n) is 4.27. The molecule has 4 nitrogen and oxygen atoms in total. The van der Waals surface area contributed by atoms with Crippen LogP contribution >= 0.6 is 27.3 Å². The second kappa shape index (κ2) is 4.29. The van der Waals surface area contributed by atoms with Gasteiger partial charge >= 0.3 is 6.03 Å². The molecule has 0 atom stereocenters. The van der Waals surface area contributed by atoms with E-state index in [2.05, 4.69) is 31.9 Å². The number of nitrogens with one attached hydrogen (secondary N) is 3. The van der Waals surface area contributed by atoms with Crippen LogP contribution in [0.3, 0.4) is 0 Å². The minimum Gasteiger partial charge on any atom is -0.333 e. The summed E-state index contributed by atoms with van der Waals surface area (Å²) in [5, 5.41) is 9.56. The molecular weight excluding hydrogens is 266 g/mol. The molecule has 2 amide bonds. The zero-order valence-electron chi connectivity index (χ0n) is 7.34. The van der Waals surface area contributed by atoms with Gasteiger partial charge in [0.2, 0.25) is 0 Å². The predicted molar refractivity (Wildman–Crippen MR) is 60.8 cm³/mol. The smallest absolute Gasteiger partial charge is 0.320 e. The van der Waals surface area contributed by atoms with Gasteiger partial charge in [-0.3, -0.25) is 5.32 Å². The van der Waals surface area contributed by atoms with Crippen molar-refractivity contribution in [1.82, 2.24) is 10.6 Å². The van der Waals surface area contributed by atoms with Gasteiger partial charge in [0, 0.05) is 13.1 Å². The summed E-state index contributed by atoms with van der Waals surface area (Å²) in [7, 11) is 0. The first-order chi connectivity index (χ1) is 6.74. The van der Waals surface area contributed by atoms with Gasteiger partial charge in [0.25, 0.3) is 0 Å². The number of carbonyl (C=O) groups excluding carboxylic acids is 1. The van der Waals surface area contributed by atoms with Gasteiger partial charge in [-0.25, -0.2) is 4.79 Å². The van der Waals surface area contributed by atoms with Crippen molar-refractivity contribution >= 4 is 38.3 Å². The third-order valence-electron chi connectivity index (χ3n) is 1.93. The van der Waals surface area contributed by atoms with Crippen LogP contribution in [0.15, 0.2) is 15.9 Å². The SMILES string of the molecule is O=C(Nc1ccc(Br)s1)NC1CNC1. The van der Waals surface area contributed by atoms with Crippen LogP contribution in [0.5, 0.6) is 0 Å². The minimum atomic E-state index is -0.133. The van der Waals surface area contributed by atoms with Crippen LogP contribution in [0.4, 0.5) is 9.80 Å². The van der Waals surface area contributed by atoms with E-state index in [0.29, 0.717) is 0 Å². The maximum atomic E-state index is 11.4. The third kappa shape index (κ3) is 2.46. The van der Waals surface area contributed by atoms with Crippen molar-refractivity contribution in [2.24, 2.45) is 0 Å². The second-order valence-electron chi connectivity index (χ2n) is 3.06. The van der Waals surface area contributed by atoms with Gasteiger partial charge < -0.3 is 10.6 Å². The number of amides is 2. The van der Waals surface area contributed by atoms with E-state index >= 15 is 0 Å². The van der Waals surface area contributed by atoms with Crippen molar-refractivity contribution in [2.75, 3.05) is 18.4 Å². The summed E-state index contributed by atoms with van der Waals surface area (Å²) in [4.78, 5) is 11.4. The van der Waals surface area contributed by atoms with Crippen LogP contribution in [0.1, 0.15) is 0 Å². The van der Waals surface area contributed by atoms with Gasteiger partial charge in [-0.05, 0) is 28.1 Å². The normalized spacial score (nSPS) is 16.1. The average molecular weight is 276 g/mol. The number of hydrogen-bond acceptors (Lipinski definition) is 3. The lowest BCUT2D eigenvalue weighted by Gasteiger charge is -2.27. The molecule has 0 aromatic carbocycles. The number of carbonyl (C=O) groups is 1. The zero-order chi connectivity index (χ0) is 9.97. The molecule has 0 bridgehead atoms. The largest absolute Gasteiger partial charge is 0.333 e. The molecule has 1 aromatic rings. The number of rotatable bonds is 2. The Labute approximate surface area is 94.2 Å². The number of hydrogen-bond donors (Lipinski definition) is 3. The lowest BCUT2D eigenvalue weighted by atomic mass is 10.2. The molecule has 1 aliphatic rings. The van der Waals surface area contributed by atoms with E-state index in [4.69, 9.17) is 0 Å². The molecule has 0 saturated carbocycles. The fourth-order valence-electron chi connectivity index (χ4n) is 1.11. The van der Waals surface area contributed by atoms with Gasteiger partial charge in [-0.1, -0.05) is 0 Å². The summed E-state index contributed by atoms with van der Waals surface area (Å²) >= 11 is 4.83. The topological polar surface area (TPSA) is 53.2 Å². The molecule has 76 valence electrons. The Morgan fingerprint density at radius 3 is 2.86 bits per heavy atom. The van der Waals surface area contributed by atoms with E-state index in [9.17, 15) is 4.79 Å². The van der Waals surface area contributed by atoms with Crippen LogP contribution < -0.4 is 16.0 Å². The molecule has 1 aromatic heterocycles. The highest BCUT2D eigenvalue weighted by Gasteiger charge is 2.18. The standard InChI is InChI=1S/C8H10BrN3OS/c9-6-1-2-7(14-6)12-8(13)11-5-3-10-4-5/h1-2,5,10H,3-4H2,(H2,11,12,13). The molecule has 3 N–H and O–H groups in total. The molecule has 1 aliphatic heterocycles. The minimum absolute atomic E-state index is 0.133. The molecule has 0 spiro atoms. The van der Waals surface area contributed by atoms with Gasteiger partial charge in [0.1, 0.15) is 0 Å². The molecule has 0 aliphatic carbocycles. The Morgan fingerprint density at radius 1 is 1.57 bits per heavy atom. The van der Waals surface area contributed by atoms with Gasteiger partial charge in [-0.15, -0.1) is 11.3 Å². The highest BCUT2D eigenvalue weighted by Crippen LogP contribution is 2.26. The fraction of sp³-hybridized carbons (Fsp3) is 0.375. The lowest BCUT2D eigenvalue weighted by molar-refractivity contribution is 0.243. The Morgan fingerprint density at radius 2 is 2.36 bits per heavy atom. The highest BCUT2D eigenvalue weighted by molar-refractivity contribution is 9.11. The van der Waals surface area contributed by atoms with Crippen LogP contribution in [-0.4, -0.2) is 25.2 Å². The molecule has 14 heavy (non-hydrogen) atoms. The van der Waals surface area contributed by atoms with E-state index in [1.807, 2.05) is 12.1 Å². The summed E-state index contributed by atoms with van der Waals surface area (Å²) in [5.41, 5.74) is 0. The Hall–Kier alpha value is -0.590. The lowest BCUT2D eigenvalue weighted by Crippen LogP contribution is -2.57. The molecular formula is C8H10BrN3OS. The second-order valence-corrected chi connectivity index (χ2v) is 5.52. The van der Waals surface area contributed by atoms with Crippen molar-refractivity contribution in [1.29, 1.82) is 0 Å². The summed E-state index contributed by atoms with van der Waals surface area (Å²) in [6, 6.07) is 3.92. The van der Waals surface area contributed by atoms with Gasteiger partial charge in [-0.2, -0.15) is 0 Å². The number of halogens is 1. The Balaban J connectivity index is 1.81. The van der Waals surface area contributed by atoms with Crippen LogP contribution in [0.25, 0.3) is 0 Å². The predicted octanol–water partition coefficient (Wildman–Crippen LogP) is 1.60. The monoisotopic (exact) mass is 275 g/mol. The van der Waals surface area contributed by atoms with Crippen molar-refractivity contribution in [2.45, 2.75) is 6.04 Å². The van der Waals surface area contributed by atoms with Crippen molar-refractivity contribution in [3.63, 3.8) is 0 Å². The van der Waals surface area contributed by atoms with E-state index < -0.39 is 0 Å². The summed E-state index contributed by atoms with van der Waals surface area (Å²) in [6.07, 6.45) is 0. The van der Waals surface area contributed by atoms with E-state index in [1.54, 1.807) is 0 Å². The number of anilines is 1. The quantitative estimate of drug-likeness (QED) is 0.768. The number of urea groups is 1. The summed E-state index contributed by atoms with van der Waals surface area (Å²) in [5.74, 6) is 0. The van der Waals surface area contributed by atoms with E-state index in [1.165, 1.54) is 11.3 Å². The van der Waals surface area contributed by atoms with Crippen LogP contribution in [-0.2, 0) is 0 Å². The van der Waals surface area contributed by atoms with Gasteiger partial charge in [0.05, 0.1) is 14.8 Å². The molecule has 0 radical (unpaired) electrons. The van der Waals surface area contributed by atoms with Crippen LogP contribution in [0.2, 0.25) is 0 Å². The molecule has 0 unspecified atom stereocenters. The zero-order valence-corrected chi connectivity index (χ0v) is 9.74. The summed E-state index contributed by atoms with van der Waals surface area (Å²) < 4.78 is 1.01. The number of thiophene rings is 1. The Bertz CT molecular complexity index is 337. The molecule has 1 fully saturated rings. The van der Waals surface area contributed by atoms with E-state index in [-0.39, 0.29) is 12.1 Å². The Kier molecular flexibility index (Phi) is 3.05. The maximum Gasteiger partial charge on any atom is 0.320 e. The van der Waals surface area contributed by atoms with E-state index in [0.717, 1.165) is 21.9 Å². The van der Waals surface area contributed by atoms with Crippen molar-refractivity contribution < 1.29 is 4.79 Å². The van der Waals surface area contributed by atoms with Crippen molar-refractivity contribution in [3.05, 3.63) is 15.9 Å². The summed E-state index contributed by atoms with van der Waals surface area (Å²) in [6.45, 7) is 1.73. The van der Waals surface area contributed by atoms with Gasteiger partial charge in [0.15, 0.2) is 0 Å². The van der Waals surface area contributed by atoms with Crippen LogP contribution in [0, 0.1) is 0 Å². The molecule has 2 heterocycles.